The number of pyridine rings is 1. The fourth-order valence-electron chi connectivity index (χ4n) is 1.89. The highest BCUT2D eigenvalue weighted by Gasteiger charge is 2.32. The zero-order valence-electron chi connectivity index (χ0n) is 10.7. The van der Waals surface area contributed by atoms with E-state index in [1.54, 1.807) is 29.0 Å². The van der Waals surface area contributed by atoms with Crippen LogP contribution < -0.4 is 5.32 Å². The van der Waals surface area contributed by atoms with Gasteiger partial charge in [0.1, 0.15) is 11.5 Å². The molecule has 1 N–H and O–H groups in total. The van der Waals surface area contributed by atoms with Crippen LogP contribution in [0, 0.1) is 0 Å². The van der Waals surface area contributed by atoms with Gasteiger partial charge in [-0.1, -0.05) is 6.07 Å². The first-order valence-electron chi connectivity index (χ1n) is 6.10. The first-order valence-corrected chi connectivity index (χ1v) is 6.10. The molecule has 0 aliphatic rings. The SMILES string of the molecule is FC(F)(F)c1cccc(NCc2ccnc3ccnn23)n1. The predicted molar refractivity (Wildman–Crippen MR) is 69.6 cm³/mol. The fourth-order valence-corrected chi connectivity index (χ4v) is 1.89. The van der Waals surface area contributed by atoms with Crippen LogP contribution in [0.5, 0.6) is 0 Å². The average molecular weight is 293 g/mol. The number of halogens is 3. The number of rotatable bonds is 3. The second kappa shape index (κ2) is 5.04. The van der Waals surface area contributed by atoms with Gasteiger partial charge in [0.2, 0.25) is 0 Å². The molecule has 0 atom stereocenters. The lowest BCUT2D eigenvalue weighted by Gasteiger charge is -2.10. The van der Waals surface area contributed by atoms with Gasteiger partial charge in [-0.15, -0.1) is 0 Å². The van der Waals surface area contributed by atoms with Gasteiger partial charge < -0.3 is 5.32 Å². The molecule has 0 bridgehead atoms. The van der Waals surface area contributed by atoms with Crippen LogP contribution in [0.4, 0.5) is 19.0 Å². The third-order valence-electron chi connectivity index (χ3n) is 2.86. The molecule has 5 nitrogen and oxygen atoms in total. The van der Waals surface area contributed by atoms with E-state index in [0.717, 1.165) is 11.8 Å². The molecule has 0 spiro atoms. The molecule has 0 aliphatic carbocycles. The van der Waals surface area contributed by atoms with E-state index < -0.39 is 11.9 Å². The van der Waals surface area contributed by atoms with Gasteiger partial charge >= 0.3 is 6.18 Å². The molecule has 0 radical (unpaired) electrons. The molecule has 8 heteroatoms. The van der Waals surface area contributed by atoms with Crippen molar-refractivity contribution in [2.45, 2.75) is 12.7 Å². The quantitative estimate of drug-likeness (QED) is 0.806. The summed E-state index contributed by atoms with van der Waals surface area (Å²) < 4.78 is 39.4. The van der Waals surface area contributed by atoms with Crippen LogP contribution in [0.3, 0.4) is 0 Å². The lowest BCUT2D eigenvalue weighted by atomic mass is 10.3. The van der Waals surface area contributed by atoms with Crippen LogP contribution in [-0.4, -0.2) is 19.6 Å². The maximum atomic E-state index is 12.6. The summed E-state index contributed by atoms with van der Waals surface area (Å²) in [5.74, 6) is 0.155. The largest absolute Gasteiger partial charge is 0.433 e. The Kier molecular flexibility index (Phi) is 3.20. The molecule has 0 aliphatic heterocycles. The van der Waals surface area contributed by atoms with E-state index in [1.807, 2.05) is 0 Å². The highest BCUT2D eigenvalue weighted by Crippen LogP contribution is 2.28. The molecule has 0 saturated carbocycles. The van der Waals surface area contributed by atoms with E-state index >= 15 is 0 Å². The summed E-state index contributed by atoms with van der Waals surface area (Å²) in [6.07, 6.45) is -1.23. The van der Waals surface area contributed by atoms with Gasteiger partial charge in [-0.25, -0.2) is 14.5 Å². The van der Waals surface area contributed by atoms with Crippen LogP contribution in [-0.2, 0) is 12.7 Å². The van der Waals surface area contributed by atoms with E-state index in [9.17, 15) is 13.2 Å². The Bertz CT molecular complexity index is 766. The Balaban J connectivity index is 1.80. The second-order valence-corrected chi connectivity index (χ2v) is 4.30. The summed E-state index contributed by atoms with van der Waals surface area (Å²) in [6.45, 7) is 0.287. The zero-order chi connectivity index (χ0) is 14.9. The van der Waals surface area contributed by atoms with Crippen LogP contribution in [0.2, 0.25) is 0 Å². The van der Waals surface area contributed by atoms with Crippen LogP contribution in [0.25, 0.3) is 5.65 Å². The molecule has 3 aromatic heterocycles. The molecule has 3 aromatic rings. The first-order chi connectivity index (χ1) is 10.0. The number of nitrogens with one attached hydrogen (secondary N) is 1. The number of anilines is 1. The third-order valence-corrected chi connectivity index (χ3v) is 2.86. The Morgan fingerprint density at radius 3 is 2.76 bits per heavy atom. The van der Waals surface area contributed by atoms with Crippen LogP contribution >= 0.6 is 0 Å². The second-order valence-electron chi connectivity index (χ2n) is 4.30. The van der Waals surface area contributed by atoms with Crippen LogP contribution in [0.15, 0.2) is 42.7 Å². The van der Waals surface area contributed by atoms with Gasteiger partial charge in [0.25, 0.3) is 0 Å². The van der Waals surface area contributed by atoms with Crippen molar-refractivity contribution in [2.24, 2.45) is 0 Å². The van der Waals surface area contributed by atoms with Crippen molar-refractivity contribution in [3.63, 3.8) is 0 Å². The Morgan fingerprint density at radius 1 is 1.10 bits per heavy atom. The number of nitrogens with zero attached hydrogens (tertiary/aromatic N) is 4. The molecule has 108 valence electrons. The summed E-state index contributed by atoms with van der Waals surface area (Å²) in [5.41, 5.74) is 0.516. The molecule has 3 heterocycles. The molecular formula is C13H10F3N5. The molecule has 0 unspecified atom stereocenters. The van der Waals surface area contributed by atoms with E-state index in [0.29, 0.717) is 5.65 Å². The number of aromatic nitrogens is 4. The van der Waals surface area contributed by atoms with Crippen molar-refractivity contribution in [3.05, 3.63) is 54.1 Å². The van der Waals surface area contributed by atoms with E-state index in [4.69, 9.17) is 0 Å². The van der Waals surface area contributed by atoms with Gasteiger partial charge in [-0.05, 0) is 18.2 Å². The standard InChI is InChI=1S/C13H10F3N5/c14-13(15,16)10-2-1-3-11(20-10)18-8-9-4-6-17-12-5-7-19-21(9)12/h1-7H,8H2,(H,18,20). The molecular weight excluding hydrogens is 283 g/mol. The molecule has 21 heavy (non-hydrogen) atoms. The van der Waals surface area contributed by atoms with E-state index in [-0.39, 0.29) is 12.4 Å². The van der Waals surface area contributed by atoms with Gasteiger partial charge in [-0.3, -0.25) is 0 Å². The topological polar surface area (TPSA) is 55.1 Å². The van der Waals surface area contributed by atoms with Crippen molar-refractivity contribution in [1.82, 2.24) is 19.6 Å². The van der Waals surface area contributed by atoms with E-state index in [1.165, 1.54) is 12.1 Å². The number of alkyl halides is 3. The average Bonchev–Trinajstić information content (AvgIpc) is 2.93. The Labute approximate surface area is 117 Å². The summed E-state index contributed by atoms with van der Waals surface area (Å²) in [6, 6.07) is 7.21. The Morgan fingerprint density at radius 2 is 1.95 bits per heavy atom. The van der Waals surface area contributed by atoms with Gasteiger partial charge in [0, 0.05) is 12.3 Å². The highest BCUT2D eigenvalue weighted by atomic mass is 19.4. The monoisotopic (exact) mass is 293 g/mol. The van der Waals surface area contributed by atoms with Crippen molar-refractivity contribution in [1.29, 1.82) is 0 Å². The highest BCUT2D eigenvalue weighted by molar-refractivity contribution is 5.39. The summed E-state index contributed by atoms with van der Waals surface area (Å²) in [4.78, 5) is 7.66. The van der Waals surface area contributed by atoms with Crippen molar-refractivity contribution in [2.75, 3.05) is 5.32 Å². The number of hydrogen-bond acceptors (Lipinski definition) is 4. The maximum Gasteiger partial charge on any atom is 0.433 e. The van der Waals surface area contributed by atoms with Gasteiger partial charge in [0.15, 0.2) is 5.65 Å². The molecule has 0 saturated heterocycles. The molecule has 3 rings (SSSR count). The van der Waals surface area contributed by atoms with Crippen LogP contribution in [0.1, 0.15) is 11.4 Å². The molecule has 0 fully saturated rings. The lowest BCUT2D eigenvalue weighted by Crippen LogP contribution is -2.11. The fraction of sp³-hybridized carbons (Fsp3) is 0.154. The lowest BCUT2D eigenvalue weighted by molar-refractivity contribution is -0.141. The van der Waals surface area contributed by atoms with Crippen molar-refractivity contribution in [3.8, 4) is 0 Å². The minimum absolute atomic E-state index is 0.155. The van der Waals surface area contributed by atoms with Gasteiger partial charge in [-0.2, -0.15) is 18.3 Å². The summed E-state index contributed by atoms with van der Waals surface area (Å²) >= 11 is 0. The normalized spacial score (nSPS) is 11.8. The Hall–Kier alpha value is -2.64. The third kappa shape index (κ3) is 2.78. The molecule has 0 amide bonds. The smallest absolute Gasteiger partial charge is 0.364 e. The van der Waals surface area contributed by atoms with Crippen molar-refractivity contribution >= 4 is 11.5 Å². The minimum Gasteiger partial charge on any atom is -0.364 e. The van der Waals surface area contributed by atoms with Gasteiger partial charge in [0.05, 0.1) is 18.4 Å². The predicted octanol–water partition coefficient (Wildman–Crippen LogP) is 2.76. The summed E-state index contributed by atoms with van der Waals surface area (Å²) in [7, 11) is 0. The number of hydrogen-bond donors (Lipinski definition) is 1. The minimum atomic E-state index is -4.45. The maximum absolute atomic E-state index is 12.6. The van der Waals surface area contributed by atoms with E-state index in [2.05, 4.69) is 20.4 Å². The first kappa shape index (κ1) is 13.3. The zero-order valence-corrected chi connectivity index (χ0v) is 10.7. The molecule has 0 aromatic carbocycles. The summed E-state index contributed by atoms with van der Waals surface area (Å²) in [5, 5.41) is 6.96. The van der Waals surface area contributed by atoms with Crippen molar-refractivity contribution < 1.29 is 13.2 Å². The number of fused-ring (bicyclic) bond motifs is 1.